The maximum Gasteiger partial charge on any atom is 0.207 e. The van der Waals surface area contributed by atoms with Crippen LogP contribution >= 0.6 is 11.6 Å². The van der Waals surface area contributed by atoms with Crippen molar-refractivity contribution in [1.82, 2.24) is 14.7 Å². The Hall–Kier alpha value is -1.06. The minimum Gasteiger partial charge on any atom is -0.309 e. The number of nitrogens with zero attached hydrogens (tertiary/aromatic N) is 2. The van der Waals surface area contributed by atoms with Gasteiger partial charge in [-0.3, -0.25) is 4.40 Å². The van der Waals surface area contributed by atoms with E-state index in [0.717, 1.165) is 12.1 Å². The van der Waals surface area contributed by atoms with Crippen LogP contribution in [-0.2, 0) is 0 Å². The number of hydrogen-bond acceptors (Lipinski definition) is 2. The molecule has 4 heteroatoms. The van der Waals surface area contributed by atoms with Gasteiger partial charge in [0, 0.05) is 11.7 Å². The predicted octanol–water partition coefficient (Wildman–Crippen LogP) is 2.41. The van der Waals surface area contributed by atoms with Crippen molar-refractivity contribution in [1.29, 1.82) is 0 Å². The van der Waals surface area contributed by atoms with Crippen molar-refractivity contribution >= 4 is 17.1 Å². The van der Waals surface area contributed by atoms with Crippen molar-refractivity contribution in [3.63, 3.8) is 0 Å². The van der Waals surface area contributed by atoms with Gasteiger partial charge >= 0.3 is 0 Å². The molecule has 2 aromatic heterocycles. The lowest BCUT2D eigenvalue weighted by atomic mass is 10.1. The molecule has 1 unspecified atom stereocenters. The van der Waals surface area contributed by atoms with E-state index in [0.29, 0.717) is 11.3 Å². The molecule has 0 spiro atoms. The fourth-order valence-electron chi connectivity index (χ4n) is 2.24. The van der Waals surface area contributed by atoms with E-state index < -0.39 is 0 Å². The van der Waals surface area contributed by atoms with E-state index >= 15 is 0 Å². The van der Waals surface area contributed by atoms with Crippen molar-refractivity contribution in [2.45, 2.75) is 18.9 Å². The van der Waals surface area contributed by atoms with Crippen molar-refractivity contribution in [3.8, 4) is 0 Å². The molecule has 1 aliphatic rings. The molecule has 3 heterocycles. The van der Waals surface area contributed by atoms with Crippen LogP contribution in [-0.4, -0.2) is 15.9 Å². The molecule has 0 aliphatic carbocycles. The molecule has 15 heavy (non-hydrogen) atoms. The molecule has 3 nitrogen and oxygen atoms in total. The maximum absolute atomic E-state index is 6.08. The van der Waals surface area contributed by atoms with Gasteiger partial charge in [-0.05, 0) is 43.1 Å². The van der Waals surface area contributed by atoms with Gasteiger partial charge in [0.25, 0.3) is 0 Å². The summed E-state index contributed by atoms with van der Waals surface area (Å²) in [5.41, 5.74) is 2.28. The summed E-state index contributed by atoms with van der Waals surface area (Å²) in [5.74, 6) is 0. The first-order valence-electron chi connectivity index (χ1n) is 5.21. The second-order valence-corrected chi connectivity index (χ2v) is 4.23. The second-order valence-electron chi connectivity index (χ2n) is 3.89. The van der Waals surface area contributed by atoms with Crippen LogP contribution < -0.4 is 5.32 Å². The first kappa shape index (κ1) is 9.19. The maximum atomic E-state index is 6.08. The number of halogens is 1. The fourth-order valence-corrected chi connectivity index (χ4v) is 2.49. The van der Waals surface area contributed by atoms with E-state index in [1.54, 1.807) is 6.20 Å². The lowest BCUT2D eigenvalue weighted by molar-refractivity contribution is 0.619. The molecule has 0 amide bonds. The van der Waals surface area contributed by atoms with Crippen molar-refractivity contribution < 1.29 is 0 Å². The predicted molar refractivity (Wildman–Crippen MR) is 60.2 cm³/mol. The molecule has 78 valence electrons. The molecule has 1 aliphatic heterocycles. The summed E-state index contributed by atoms with van der Waals surface area (Å²) in [5, 5.41) is 4.03. The number of imidazole rings is 1. The summed E-state index contributed by atoms with van der Waals surface area (Å²) >= 11 is 6.08. The average Bonchev–Trinajstić information content (AvgIpc) is 2.88. The molecule has 0 aromatic carbocycles. The first-order valence-corrected chi connectivity index (χ1v) is 5.59. The Balaban J connectivity index is 2.19. The fraction of sp³-hybridized carbons (Fsp3) is 0.364. The van der Waals surface area contributed by atoms with E-state index in [1.807, 2.05) is 10.5 Å². The smallest absolute Gasteiger partial charge is 0.207 e. The zero-order chi connectivity index (χ0) is 10.3. The minimum atomic E-state index is 0.417. The van der Waals surface area contributed by atoms with E-state index in [2.05, 4.69) is 22.4 Å². The summed E-state index contributed by atoms with van der Waals surface area (Å²) in [7, 11) is 0. The minimum absolute atomic E-state index is 0.417. The standard InChI is InChI=1S/C11H12ClN3/c12-11-14-7-8-3-1-5-10(15(8)11)9-4-2-6-13-9/h1,3,5,7,9,13H,2,4,6H2. The number of pyridine rings is 1. The van der Waals surface area contributed by atoms with Crippen LogP contribution in [0.5, 0.6) is 0 Å². The normalized spacial score (nSPS) is 21.3. The molecule has 3 rings (SSSR count). The van der Waals surface area contributed by atoms with Gasteiger partial charge in [0.1, 0.15) is 0 Å². The Bertz CT molecular complexity index is 486. The number of fused-ring (bicyclic) bond motifs is 1. The third kappa shape index (κ3) is 1.43. The van der Waals surface area contributed by atoms with Crippen LogP contribution in [0.4, 0.5) is 0 Å². The van der Waals surface area contributed by atoms with Crippen LogP contribution in [0.2, 0.25) is 5.28 Å². The largest absolute Gasteiger partial charge is 0.309 e. The summed E-state index contributed by atoms with van der Waals surface area (Å²) in [6.07, 6.45) is 4.21. The van der Waals surface area contributed by atoms with Crippen molar-refractivity contribution in [2.24, 2.45) is 0 Å². The van der Waals surface area contributed by atoms with Crippen LogP contribution in [0.1, 0.15) is 24.6 Å². The van der Waals surface area contributed by atoms with Crippen LogP contribution in [0.3, 0.4) is 0 Å². The Morgan fingerprint density at radius 1 is 1.47 bits per heavy atom. The van der Waals surface area contributed by atoms with Crippen LogP contribution in [0.15, 0.2) is 24.4 Å². The number of nitrogens with one attached hydrogen (secondary N) is 1. The third-order valence-corrected chi connectivity index (χ3v) is 3.22. The zero-order valence-corrected chi connectivity index (χ0v) is 9.04. The Kier molecular flexibility index (Phi) is 2.15. The van der Waals surface area contributed by atoms with E-state index in [1.165, 1.54) is 18.5 Å². The van der Waals surface area contributed by atoms with Gasteiger partial charge in [0.15, 0.2) is 0 Å². The first-order chi connectivity index (χ1) is 7.36. The zero-order valence-electron chi connectivity index (χ0n) is 8.28. The highest BCUT2D eigenvalue weighted by molar-refractivity contribution is 6.28. The van der Waals surface area contributed by atoms with Gasteiger partial charge in [-0.25, -0.2) is 4.98 Å². The monoisotopic (exact) mass is 221 g/mol. The molecule has 0 bridgehead atoms. The molecule has 1 saturated heterocycles. The topological polar surface area (TPSA) is 29.3 Å². The number of hydrogen-bond donors (Lipinski definition) is 1. The van der Waals surface area contributed by atoms with Gasteiger partial charge in [-0.1, -0.05) is 6.07 Å². The van der Waals surface area contributed by atoms with Crippen molar-refractivity contribution in [2.75, 3.05) is 6.54 Å². The summed E-state index contributed by atoms with van der Waals surface area (Å²) in [6, 6.07) is 6.62. The van der Waals surface area contributed by atoms with E-state index in [-0.39, 0.29) is 0 Å². The van der Waals surface area contributed by atoms with Crippen LogP contribution in [0.25, 0.3) is 5.52 Å². The van der Waals surface area contributed by atoms with Crippen LogP contribution in [0, 0.1) is 0 Å². The van der Waals surface area contributed by atoms with E-state index in [9.17, 15) is 0 Å². The summed E-state index contributed by atoms with van der Waals surface area (Å²) < 4.78 is 2.02. The van der Waals surface area contributed by atoms with Gasteiger partial charge < -0.3 is 5.32 Å². The highest BCUT2D eigenvalue weighted by Gasteiger charge is 2.19. The molecule has 1 N–H and O–H groups in total. The SMILES string of the molecule is Clc1ncc2cccc(C3CCCN3)n12. The number of rotatable bonds is 1. The summed E-state index contributed by atoms with van der Waals surface area (Å²) in [4.78, 5) is 4.13. The molecule has 1 fully saturated rings. The molecular weight excluding hydrogens is 210 g/mol. The Morgan fingerprint density at radius 3 is 3.20 bits per heavy atom. The summed E-state index contributed by atoms with van der Waals surface area (Å²) in [6.45, 7) is 1.09. The Labute approximate surface area is 93.1 Å². The van der Waals surface area contributed by atoms with Gasteiger partial charge in [0.2, 0.25) is 5.28 Å². The molecule has 2 aromatic rings. The van der Waals surface area contributed by atoms with Gasteiger partial charge in [0.05, 0.1) is 11.7 Å². The third-order valence-electron chi connectivity index (χ3n) is 2.96. The quantitative estimate of drug-likeness (QED) is 0.802. The second kappa shape index (κ2) is 3.51. The average molecular weight is 222 g/mol. The van der Waals surface area contributed by atoms with Gasteiger partial charge in [-0.15, -0.1) is 0 Å². The molecule has 1 atom stereocenters. The van der Waals surface area contributed by atoms with Crippen molar-refractivity contribution in [3.05, 3.63) is 35.4 Å². The van der Waals surface area contributed by atoms with Gasteiger partial charge in [-0.2, -0.15) is 0 Å². The number of aromatic nitrogens is 2. The lowest BCUT2D eigenvalue weighted by Crippen LogP contribution is -2.15. The lowest BCUT2D eigenvalue weighted by Gasteiger charge is -2.13. The highest BCUT2D eigenvalue weighted by Crippen LogP contribution is 2.25. The highest BCUT2D eigenvalue weighted by atomic mass is 35.5. The Morgan fingerprint density at radius 2 is 2.40 bits per heavy atom. The molecular formula is C11H12ClN3. The van der Waals surface area contributed by atoms with E-state index in [4.69, 9.17) is 11.6 Å². The molecule has 0 radical (unpaired) electrons. The molecule has 0 saturated carbocycles.